The van der Waals surface area contributed by atoms with E-state index in [2.05, 4.69) is 5.32 Å². The quantitative estimate of drug-likeness (QED) is 0.791. The molecule has 156 valence electrons. The fourth-order valence-corrected chi connectivity index (χ4v) is 3.69. The van der Waals surface area contributed by atoms with E-state index in [1.807, 2.05) is 36.4 Å². The molecular formula is C22H23N3O5. The minimum atomic E-state index is -0.406. The average molecular weight is 409 g/mol. The molecule has 0 radical (unpaired) electrons. The van der Waals surface area contributed by atoms with E-state index in [0.29, 0.717) is 32.0 Å². The topological polar surface area (TPSA) is 88.2 Å². The van der Waals surface area contributed by atoms with Crippen LogP contribution in [0.4, 0.5) is 16.2 Å². The molecule has 0 aromatic heterocycles. The molecule has 1 atom stereocenters. The van der Waals surface area contributed by atoms with Crippen LogP contribution in [-0.2, 0) is 20.9 Å². The lowest BCUT2D eigenvalue weighted by molar-refractivity contribution is -0.126. The maximum absolute atomic E-state index is 12.6. The molecule has 2 aromatic rings. The third kappa shape index (κ3) is 4.07. The molecule has 2 aliphatic heterocycles. The lowest BCUT2D eigenvalue weighted by Crippen LogP contribution is -2.32. The summed E-state index contributed by atoms with van der Waals surface area (Å²) in [5, 5.41) is 2.91. The second kappa shape index (κ2) is 8.44. The maximum Gasteiger partial charge on any atom is 0.414 e. The van der Waals surface area contributed by atoms with Gasteiger partial charge in [-0.2, -0.15) is 0 Å². The van der Waals surface area contributed by atoms with E-state index in [1.54, 1.807) is 29.0 Å². The molecule has 8 heteroatoms. The summed E-state index contributed by atoms with van der Waals surface area (Å²) >= 11 is 0. The molecule has 3 amide bonds. The standard InChI is InChI=1S/C22H23N3O5/c1-29-19-7-5-17(6-8-19)25-14-16(12-20(25)26)21(27)23-13-15-3-2-4-18(11-15)24-9-10-30-22(24)28/h2-8,11,16H,9-10,12-14H2,1H3,(H,23,27). The number of methoxy groups -OCH3 is 1. The van der Waals surface area contributed by atoms with Crippen molar-refractivity contribution in [3.05, 3.63) is 54.1 Å². The summed E-state index contributed by atoms with van der Waals surface area (Å²) in [5.74, 6) is 0.0701. The van der Waals surface area contributed by atoms with Crippen LogP contribution in [0.15, 0.2) is 48.5 Å². The van der Waals surface area contributed by atoms with Gasteiger partial charge in [-0.05, 0) is 42.0 Å². The van der Waals surface area contributed by atoms with Gasteiger partial charge in [0.2, 0.25) is 11.8 Å². The smallest absolute Gasteiger partial charge is 0.414 e. The third-order valence-electron chi connectivity index (χ3n) is 5.33. The number of nitrogens with one attached hydrogen (secondary N) is 1. The van der Waals surface area contributed by atoms with Crippen LogP contribution in [0, 0.1) is 5.92 Å². The van der Waals surface area contributed by atoms with Gasteiger partial charge in [0.1, 0.15) is 12.4 Å². The van der Waals surface area contributed by atoms with Crippen LogP contribution in [0.3, 0.4) is 0 Å². The zero-order chi connectivity index (χ0) is 21.1. The highest BCUT2D eigenvalue weighted by molar-refractivity contribution is 6.00. The van der Waals surface area contributed by atoms with E-state index in [1.165, 1.54) is 0 Å². The third-order valence-corrected chi connectivity index (χ3v) is 5.33. The summed E-state index contributed by atoms with van der Waals surface area (Å²) in [5.41, 5.74) is 2.36. The molecule has 0 spiro atoms. The highest BCUT2D eigenvalue weighted by Crippen LogP contribution is 2.27. The van der Waals surface area contributed by atoms with Crippen LogP contribution in [0.1, 0.15) is 12.0 Å². The Bertz CT molecular complexity index is 960. The molecule has 2 aromatic carbocycles. The number of hydrogen-bond acceptors (Lipinski definition) is 5. The molecule has 0 aliphatic carbocycles. The SMILES string of the molecule is COc1ccc(N2CC(C(=O)NCc3cccc(N4CCOC4=O)c3)CC2=O)cc1. The fourth-order valence-electron chi connectivity index (χ4n) is 3.69. The van der Waals surface area contributed by atoms with E-state index in [4.69, 9.17) is 9.47 Å². The molecule has 1 unspecified atom stereocenters. The molecule has 0 saturated carbocycles. The first-order valence-corrected chi connectivity index (χ1v) is 9.80. The summed E-state index contributed by atoms with van der Waals surface area (Å²) in [7, 11) is 1.59. The van der Waals surface area contributed by atoms with Crippen LogP contribution in [0.2, 0.25) is 0 Å². The number of carbonyl (C=O) groups is 3. The van der Waals surface area contributed by atoms with Gasteiger partial charge in [-0.3, -0.25) is 14.5 Å². The zero-order valence-corrected chi connectivity index (χ0v) is 16.7. The van der Waals surface area contributed by atoms with Gasteiger partial charge < -0.3 is 19.7 Å². The van der Waals surface area contributed by atoms with Crippen molar-refractivity contribution in [1.29, 1.82) is 0 Å². The van der Waals surface area contributed by atoms with Crippen molar-refractivity contribution in [1.82, 2.24) is 5.32 Å². The Labute approximate surface area is 174 Å². The number of hydrogen-bond donors (Lipinski definition) is 1. The zero-order valence-electron chi connectivity index (χ0n) is 16.7. The molecule has 2 fully saturated rings. The molecule has 2 heterocycles. The van der Waals surface area contributed by atoms with Gasteiger partial charge in [0.15, 0.2) is 0 Å². The second-order valence-electron chi connectivity index (χ2n) is 7.26. The molecule has 8 nitrogen and oxygen atoms in total. The predicted molar refractivity (Wildman–Crippen MR) is 110 cm³/mol. The Morgan fingerprint density at radius 2 is 1.93 bits per heavy atom. The summed E-state index contributed by atoms with van der Waals surface area (Å²) < 4.78 is 10.1. The maximum atomic E-state index is 12.6. The first kappa shape index (κ1) is 19.8. The van der Waals surface area contributed by atoms with E-state index < -0.39 is 5.92 Å². The molecule has 2 aliphatic rings. The second-order valence-corrected chi connectivity index (χ2v) is 7.26. The Hall–Kier alpha value is -3.55. The van der Waals surface area contributed by atoms with E-state index in [9.17, 15) is 14.4 Å². The summed E-state index contributed by atoms with van der Waals surface area (Å²) in [6, 6.07) is 14.6. The van der Waals surface area contributed by atoms with Crippen molar-refractivity contribution in [2.24, 2.45) is 5.92 Å². The van der Waals surface area contributed by atoms with Crippen molar-refractivity contribution in [3.8, 4) is 5.75 Å². The first-order valence-electron chi connectivity index (χ1n) is 9.80. The number of amides is 3. The molecule has 0 bridgehead atoms. The van der Waals surface area contributed by atoms with Crippen LogP contribution in [0.5, 0.6) is 5.75 Å². The van der Waals surface area contributed by atoms with Gasteiger partial charge >= 0.3 is 6.09 Å². The highest BCUT2D eigenvalue weighted by Gasteiger charge is 2.35. The van der Waals surface area contributed by atoms with Crippen LogP contribution in [-0.4, -0.2) is 44.7 Å². The van der Waals surface area contributed by atoms with Gasteiger partial charge in [0, 0.05) is 30.9 Å². The minimum absolute atomic E-state index is 0.0742. The lowest BCUT2D eigenvalue weighted by atomic mass is 10.1. The van der Waals surface area contributed by atoms with E-state index >= 15 is 0 Å². The molecule has 2 saturated heterocycles. The van der Waals surface area contributed by atoms with Crippen LogP contribution >= 0.6 is 0 Å². The minimum Gasteiger partial charge on any atom is -0.497 e. The Morgan fingerprint density at radius 1 is 1.13 bits per heavy atom. The average Bonchev–Trinajstić information content (AvgIpc) is 3.38. The fraction of sp³-hybridized carbons (Fsp3) is 0.318. The van der Waals surface area contributed by atoms with Gasteiger partial charge in [0.25, 0.3) is 0 Å². The number of anilines is 2. The van der Waals surface area contributed by atoms with E-state index in [-0.39, 0.29) is 24.3 Å². The molecule has 30 heavy (non-hydrogen) atoms. The highest BCUT2D eigenvalue weighted by atomic mass is 16.6. The monoisotopic (exact) mass is 409 g/mol. The predicted octanol–water partition coefficient (Wildman–Crippen LogP) is 2.32. The largest absolute Gasteiger partial charge is 0.497 e. The van der Waals surface area contributed by atoms with Crippen molar-refractivity contribution in [3.63, 3.8) is 0 Å². The number of cyclic esters (lactones) is 1. The number of ether oxygens (including phenoxy) is 2. The molecular weight excluding hydrogens is 386 g/mol. The lowest BCUT2D eigenvalue weighted by Gasteiger charge is -2.17. The van der Waals surface area contributed by atoms with Crippen molar-refractivity contribution in [2.45, 2.75) is 13.0 Å². The molecule has 4 rings (SSSR count). The Morgan fingerprint density at radius 3 is 2.63 bits per heavy atom. The van der Waals surface area contributed by atoms with E-state index in [0.717, 1.165) is 16.9 Å². The van der Waals surface area contributed by atoms with Crippen LogP contribution in [0.25, 0.3) is 0 Å². The number of rotatable bonds is 6. The van der Waals surface area contributed by atoms with Crippen LogP contribution < -0.4 is 19.9 Å². The Balaban J connectivity index is 1.35. The molecule has 1 N–H and O–H groups in total. The number of benzene rings is 2. The van der Waals surface area contributed by atoms with Gasteiger partial charge in [-0.25, -0.2) is 4.79 Å². The van der Waals surface area contributed by atoms with Gasteiger partial charge in [0.05, 0.1) is 19.6 Å². The first-order chi connectivity index (χ1) is 14.5. The number of carbonyl (C=O) groups excluding carboxylic acids is 3. The Kier molecular flexibility index (Phi) is 5.56. The van der Waals surface area contributed by atoms with Crippen molar-refractivity contribution in [2.75, 3.05) is 36.6 Å². The van der Waals surface area contributed by atoms with Crippen molar-refractivity contribution < 1.29 is 23.9 Å². The normalized spacial score (nSPS) is 18.5. The summed E-state index contributed by atoms with van der Waals surface area (Å²) in [6.45, 7) is 1.56. The number of nitrogens with zero attached hydrogens (tertiary/aromatic N) is 2. The van der Waals surface area contributed by atoms with Gasteiger partial charge in [-0.15, -0.1) is 0 Å². The van der Waals surface area contributed by atoms with Crippen molar-refractivity contribution >= 4 is 29.3 Å². The van der Waals surface area contributed by atoms with Gasteiger partial charge in [-0.1, -0.05) is 12.1 Å². The summed E-state index contributed by atoms with van der Waals surface area (Å²) in [6.07, 6.45) is -0.184. The summed E-state index contributed by atoms with van der Waals surface area (Å²) in [4.78, 5) is 40.0.